The number of nitrogens with two attached hydrogens (primary N) is 1. The Hall–Kier alpha value is -0.770. The lowest BCUT2D eigenvalue weighted by Gasteiger charge is -2.11. The highest BCUT2D eigenvalue weighted by Gasteiger charge is 2.12. The lowest BCUT2D eigenvalue weighted by Crippen LogP contribution is -2.17. The molecular formula is C11H15Cl2NO2. The summed E-state index contributed by atoms with van der Waals surface area (Å²) >= 11 is 5.81. The topological polar surface area (TPSA) is 52.3 Å². The maximum Gasteiger partial charge on any atom is 0.307 e. The van der Waals surface area contributed by atoms with Gasteiger partial charge in [-0.3, -0.25) is 4.79 Å². The molecule has 0 aromatic heterocycles. The minimum atomic E-state index is -0.359. The molecule has 0 aliphatic rings. The number of hydrogen-bond donors (Lipinski definition) is 1. The van der Waals surface area contributed by atoms with E-state index in [0.29, 0.717) is 11.6 Å². The van der Waals surface area contributed by atoms with Gasteiger partial charge in [-0.15, -0.1) is 12.4 Å². The monoisotopic (exact) mass is 263 g/mol. The zero-order valence-electron chi connectivity index (χ0n) is 8.98. The predicted molar refractivity (Wildman–Crippen MR) is 66.9 cm³/mol. The molecule has 0 aliphatic carbocycles. The lowest BCUT2D eigenvalue weighted by atomic mass is 10.1. The Morgan fingerprint density at radius 3 is 2.81 bits per heavy atom. The summed E-state index contributed by atoms with van der Waals surface area (Å²) in [5.74, 6) is -0.287. The van der Waals surface area contributed by atoms with Gasteiger partial charge in [-0.05, 0) is 24.6 Å². The third-order valence-corrected chi connectivity index (χ3v) is 2.20. The van der Waals surface area contributed by atoms with Crippen molar-refractivity contribution in [1.82, 2.24) is 0 Å². The fraction of sp³-hybridized carbons (Fsp3) is 0.364. The van der Waals surface area contributed by atoms with Crippen LogP contribution in [0.3, 0.4) is 0 Å². The molecule has 16 heavy (non-hydrogen) atoms. The molecule has 1 atom stereocenters. The fourth-order valence-corrected chi connectivity index (χ4v) is 1.45. The molecule has 0 saturated carbocycles. The minimum Gasteiger partial charge on any atom is -0.466 e. The van der Waals surface area contributed by atoms with Gasteiger partial charge < -0.3 is 10.5 Å². The summed E-state index contributed by atoms with van der Waals surface area (Å²) in [6.07, 6.45) is 0.175. The molecule has 0 unspecified atom stereocenters. The molecule has 2 N–H and O–H groups in total. The van der Waals surface area contributed by atoms with Crippen LogP contribution in [0.25, 0.3) is 0 Å². The van der Waals surface area contributed by atoms with Gasteiger partial charge in [-0.1, -0.05) is 23.7 Å². The third kappa shape index (κ3) is 4.84. The summed E-state index contributed by atoms with van der Waals surface area (Å²) in [5, 5.41) is 0.617. The smallest absolute Gasteiger partial charge is 0.307 e. The van der Waals surface area contributed by atoms with Gasteiger partial charge in [0.05, 0.1) is 13.0 Å². The number of carbonyl (C=O) groups is 1. The SMILES string of the molecule is CCOC(=O)C[C@@H](N)c1cccc(Cl)c1.Cl. The van der Waals surface area contributed by atoms with E-state index in [0.717, 1.165) is 5.56 Å². The van der Waals surface area contributed by atoms with Crippen LogP contribution < -0.4 is 5.73 Å². The van der Waals surface area contributed by atoms with Gasteiger partial charge in [-0.2, -0.15) is 0 Å². The maximum atomic E-state index is 11.2. The zero-order valence-corrected chi connectivity index (χ0v) is 10.6. The molecule has 0 amide bonds. The molecule has 0 saturated heterocycles. The highest BCUT2D eigenvalue weighted by molar-refractivity contribution is 6.30. The summed E-state index contributed by atoms with van der Waals surface area (Å²) in [6.45, 7) is 2.14. The van der Waals surface area contributed by atoms with Crippen LogP contribution in [-0.2, 0) is 9.53 Å². The average Bonchev–Trinajstić information content (AvgIpc) is 2.18. The summed E-state index contributed by atoms with van der Waals surface area (Å²) < 4.78 is 4.81. The molecule has 0 aliphatic heterocycles. The molecule has 1 aromatic rings. The number of benzene rings is 1. The normalized spacial score (nSPS) is 11.4. The van der Waals surface area contributed by atoms with Crippen molar-refractivity contribution >= 4 is 30.0 Å². The van der Waals surface area contributed by atoms with E-state index in [1.807, 2.05) is 12.1 Å². The highest BCUT2D eigenvalue weighted by Crippen LogP contribution is 2.18. The Bertz CT molecular complexity index is 345. The summed E-state index contributed by atoms with van der Waals surface area (Å²) in [4.78, 5) is 11.2. The molecule has 3 nitrogen and oxygen atoms in total. The molecule has 90 valence electrons. The van der Waals surface area contributed by atoms with Crippen molar-refractivity contribution in [2.45, 2.75) is 19.4 Å². The van der Waals surface area contributed by atoms with Crippen molar-refractivity contribution in [2.24, 2.45) is 5.73 Å². The van der Waals surface area contributed by atoms with Crippen LogP contribution in [0.4, 0.5) is 0 Å². The van der Waals surface area contributed by atoms with Crippen LogP contribution in [0.5, 0.6) is 0 Å². The van der Waals surface area contributed by atoms with Crippen LogP contribution in [0.1, 0.15) is 24.9 Å². The standard InChI is InChI=1S/C11H14ClNO2.ClH/c1-2-15-11(14)7-10(13)8-4-3-5-9(12)6-8;/h3-6,10H,2,7,13H2,1H3;1H/t10-;/m1./s1. The molecule has 1 rings (SSSR count). The number of rotatable bonds is 4. The molecule has 0 bridgehead atoms. The molecule has 0 radical (unpaired) electrons. The van der Waals surface area contributed by atoms with Crippen molar-refractivity contribution < 1.29 is 9.53 Å². The van der Waals surface area contributed by atoms with E-state index in [1.54, 1.807) is 19.1 Å². The van der Waals surface area contributed by atoms with E-state index in [-0.39, 0.29) is 30.8 Å². The van der Waals surface area contributed by atoms with Crippen molar-refractivity contribution in [3.05, 3.63) is 34.9 Å². The quantitative estimate of drug-likeness (QED) is 0.850. The minimum absolute atomic E-state index is 0. The number of carbonyl (C=O) groups excluding carboxylic acids is 1. The van der Waals surface area contributed by atoms with E-state index in [1.165, 1.54) is 0 Å². The van der Waals surface area contributed by atoms with Crippen molar-refractivity contribution in [1.29, 1.82) is 0 Å². The van der Waals surface area contributed by atoms with E-state index >= 15 is 0 Å². The van der Waals surface area contributed by atoms with Gasteiger partial charge in [0.15, 0.2) is 0 Å². The first-order valence-corrected chi connectivity index (χ1v) is 5.18. The van der Waals surface area contributed by atoms with Gasteiger partial charge in [0, 0.05) is 11.1 Å². The second-order valence-corrected chi connectivity index (χ2v) is 3.61. The number of halogens is 2. The van der Waals surface area contributed by atoms with Gasteiger partial charge in [0.2, 0.25) is 0 Å². The van der Waals surface area contributed by atoms with Gasteiger partial charge >= 0.3 is 5.97 Å². The van der Waals surface area contributed by atoms with Crippen molar-refractivity contribution in [3.63, 3.8) is 0 Å². The Kier molecular flexibility index (Phi) is 7.13. The Balaban J connectivity index is 0.00000225. The third-order valence-electron chi connectivity index (χ3n) is 1.97. The van der Waals surface area contributed by atoms with Crippen LogP contribution in [0.15, 0.2) is 24.3 Å². The van der Waals surface area contributed by atoms with Crippen LogP contribution in [0.2, 0.25) is 5.02 Å². The van der Waals surface area contributed by atoms with E-state index < -0.39 is 0 Å². The van der Waals surface area contributed by atoms with E-state index in [2.05, 4.69) is 0 Å². The van der Waals surface area contributed by atoms with Crippen LogP contribution >= 0.6 is 24.0 Å². The number of ether oxygens (including phenoxy) is 1. The number of hydrogen-bond acceptors (Lipinski definition) is 3. The summed E-state index contributed by atoms with van der Waals surface area (Å²) in [6, 6.07) is 6.81. The van der Waals surface area contributed by atoms with Crippen molar-refractivity contribution in [2.75, 3.05) is 6.61 Å². The van der Waals surface area contributed by atoms with Gasteiger partial charge in [0.25, 0.3) is 0 Å². The molecular weight excluding hydrogens is 249 g/mol. The summed E-state index contributed by atoms with van der Waals surface area (Å²) in [7, 11) is 0. The van der Waals surface area contributed by atoms with Gasteiger partial charge in [-0.25, -0.2) is 0 Å². The first-order valence-electron chi connectivity index (χ1n) is 4.80. The molecule has 5 heteroatoms. The largest absolute Gasteiger partial charge is 0.466 e. The van der Waals surface area contributed by atoms with Crippen LogP contribution in [-0.4, -0.2) is 12.6 Å². The molecule has 1 aromatic carbocycles. The average molecular weight is 264 g/mol. The van der Waals surface area contributed by atoms with Crippen LogP contribution in [0, 0.1) is 0 Å². The maximum absolute atomic E-state index is 11.2. The zero-order chi connectivity index (χ0) is 11.3. The first-order chi connectivity index (χ1) is 7.13. The van der Waals surface area contributed by atoms with Gasteiger partial charge in [0.1, 0.15) is 0 Å². The second kappa shape index (κ2) is 7.49. The lowest BCUT2D eigenvalue weighted by molar-refractivity contribution is -0.143. The molecule has 0 spiro atoms. The van der Waals surface area contributed by atoms with E-state index in [9.17, 15) is 4.79 Å². The van der Waals surface area contributed by atoms with Crippen molar-refractivity contribution in [3.8, 4) is 0 Å². The molecule has 0 fully saturated rings. The summed E-state index contributed by atoms with van der Waals surface area (Å²) in [5.41, 5.74) is 6.68. The Morgan fingerprint density at radius 1 is 1.56 bits per heavy atom. The first kappa shape index (κ1) is 15.2. The fourth-order valence-electron chi connectivity index (χ4n) is 1.25. The second-order valence-electron chi connectivity index (χ2n) is 3.17. The highest BCUT2D eigenvalue weighted by atomic mass is 35.5. The Morgan fingerprint density at radius 2 is 2.25 bits per heavy atom. The molecule has 0 heterocycles. The predicted octanol–water partition coefficient (Wildman–Crippen LogP) is 2.71. The van der Waals surface area contributed by atoms with E-state index in [4.69, 9.17) is 22.1 Å². The number of esters is 1. The Labute approximate surface area is 106 Å².